The maximum Gasteiger partial charge on any atom is 0.141 e. The number of rotatable bonds is 6. The second-order valence-electron chi connectivity index (χ2n) is 6.93. The fourth-order valence-electron chi connectivity index (χ4n) is 3.10. The van der Waals surface area contributed by atoms with Gasteiger partial charge >= 0.3 is 0 Å². The van der Waals surface area contributed by atoms with Gasteiger partial charge in [0.2, 0.25) is 0 Å². The van der Waals surface area contributed by atoms with Gasteiger partial charge in [0.05, 0.1) is 5.75 Å². The molecule has 1 aliphatic carbocycles. The number of benzene rings is 1. The Morgan fingerprint density at radius 1 is 1.12 bits per heavy atom. The van der Waals surface area contributed by atoms with Crippen molar-refractivity contribution >= 4 is 56.7 Å². The number of nitrogens with zero attached hydrogens (tertiary/aromatic N) is 2. The van der Waals surface area contributed by atoms with Crippen molar-refractivity contribution in [2.75, 3.05) is 5.75 Å². The molecule has 0 fully saturated rings. The van der Waals surface area contributed by atoms with Crippen LogP contribution in [0.1, 0.15) is 36.5 Å². The lowest BCUT2D eigenvalue weighted by molar-refractivity contribution is 0.749. The standard InChI is InChI=1S/C20H21ClN2S3/c1-12(2)10-25-19-18-15-4-3-5-16(15)26-20(18)23-17(22-19)11-24-14-8-6-13(21)7-9-14/h6-9,12H,3-5,10-11H2,1-2H3. The van der Waals surface area contributed by atoms with Gasteiger partial charge in [-0.25, -0.2) is 9.97 Å². The van der Waals surface area contributed by atoms with Crippen LogP contribution in [0.5, 0.6) is 0 Å². The second kappa shape index (κ2) is 8.09. The first-order chi connectivity index (χ1) is 12.6. The zero-order chi connectivity index (χ0) is 18.1. The SMILES string of the molecule is CC(C)CSc1nc(CSc2ccc(Cl)cc2)nc2sc3c(c12)CCC3. The molecule has 0 unspecified atom stereocenters. The van der Waals surface area contributed by atoms with Crippen LogP contribution in [0, 0.1) is 5.92 Å². The zero-order valence-electron chi connectivity index (χ0n) is 14.9. The van der Waals surface area contributed by atoms with Gasteiger partial charge in [0.1, 0.15) is 15.7 Å². The van der Waals surface area contributed by atoms with E-state index in [-0.39, 0.29) is 0 Å². The van der Waals surface area contributed by atoms with Gasteiger partial charge in [0.25, 0.3) is 0 Å². The van der Waals surface area contributed by atoms with Crippen molar-refractivity contribution in [3.8, 4) is 0 Å². The molecule has 2 nitrogen and oxygen atoms in total. The van der Waals surface area contributed by atoms with Crippen molar-refractivity contribution in [2.24, 2.45) is 5.92 Å². The maximum atomic E-state index is 5.98. The van der Waals surface area contributed by atoms with Gasteiger partial charge in [-0.1, -0.05) is 25.4 Å². The minimum Gasteiger partial charge on any atom is -0.225 e. The summed E-state index contributed by atoms with van der Waals surface area (Å²) >= 11 is 11.5. The van der Waals surface area contributed by atoms with Gasteiger partial charge in [-0.15, -0.1) is 34.9 Å². The summed E-state index contributed by atoms with van der Waals surface area (Å²) in [6, 6.07) is 7.97. The Bertz CT molecular complexity index is 919. The van der Waals surface area contributed by atoms with Crippen molar-refractivity contribution < 1.29 is 0 Å². The predicted octanol–water partition coefficient (Wildman–Crippen LogP) is 6.87. The van der Waals surface area contributed by atoms with Crippen molar-refractivity contribution in [3.63, 3.8) is 0 Å². The lowest BCUT2D eigenvalue weighted by atomic mass is 10.2. The molecular weight excluding hydrogens is 400 g/mol. The first-order valence-electron chi connectivity index (χ1n) is 8.92. The summed E-state index contributed by atoms with van der Waals surface area (Å²) in [5.74, 6) is 3.47. The molecule has 0 spiro atoms. The predicted molar refractivity (Wildman–Crippen MR) is 116 cm³/mol. The summed E-state index contributed by atoms with van der Waals surface area (Å²) in [6.07, 6.45) is 3.67. The quantitative estimate of drug-likeness (QED) is 0.321. The molecule has 2 aromatic heterocycles. The lowest BCUT2D eigenvalue weighted by Crippen LogP contribution is -1.98. The van der Waals surface area contributed by atoms with Gasteiger partial charge in [-0.3, -0.25) is 0 Å². The Kier molecular flexibility index (Phi) is 5.79. The molecule has 0 N–H and O–H groups in total. The van der Waals surface area contributed by atoms with Crippen LogP contribution in [0.2, 0.25) is 5.02 Å². The first kappa shape index (κ1) is 18.6. The summed E-state index contributed by atoms with van der Waals surface area (Å²) in [4.78, 5) is 13.8. The summed E-state index contributed by atoms with van der Waals surface area (Å²) in [7, 11) is 0. The molecule has 0 radical (unpaired) electrons. The van der Waals surface area contributed by atoms with Crippen LogP contribution in [-0.2, 0) is 18.6 Å². The van der Waals surface area contributed by atoms with Gasteiger partial charge < -0.3 is 0 Å². The summed E-state index contributed by atoms with van der Waals surface area (Å²) in [6.45, 7) is 4.53. The van der Waals surface area contributed by atoms with Gasteiger partial charge in [-0.05, 0) is 55.0 Å². The summed E-state index contributed by atoms with van der Waals surface area (Å²) in [5, 5.41) is 3.30. The minimum absolute atomic E-state index is 0.656. The van der Waals surface area contributed by atoms with Crippen molar-refractivity contribution in [3.05, 3.63) is 45.6 Å². The molecule has 26 heavy (non-hydrogen) atoms. The van der Waals surface area contributed by atoms with Gasteiger partial charge in [0, 0.05) is 25.9 Å². The number of hydrogen-bond donors (Lipinski definition) is 0. The van der Waals surface area contributed by atoms with E-state index >= 15 is 0 Å². The van der Waals surface area contributed by atoms with Crippen molar-refractivity contribution in [1.82, 2.24) is 9.97 Å². The zero-order valence-corrected chi connectivity index (χ0v) is 18.1. The van der Waals surface area contributed by atoms with E-state index in [9.17, 15) is 0 Å². The highest BCUT2D eigenvalue weighted by Crippen LogP contribution is 2.41. The third-order valence-corrected chi connectivity index (χ3v) is 8.16. The molecule has 0 bridgehead atoms. The van der Waals surface area contributed by atoms with E-state index in [1.165, 1.54) is 49.8 Å². The maximum absolute atomic E-state index is 5.98. The van der Waals surface area contributed by atoms with Crippen molar-refractivity contribution in [1.29, 1.82) is 0 Å². The monoisotopic (exact) mass is 420 g/mol. The molecule has 0 aliphatic heterocycles. The fraction of sp³-hybridized carbons (Fsp3) is 0.400. The third-order valence-electron chi connectivity index (χ3n) is 4.31. The molecule has 0 saturated carbocycles. The number of aromatic nitrogens is 2. The summed E-state index contributed by atoms with van der Waals surface area (Å²) < 4.78 is 0. The lowest BCUT2D eigenvalue weighted by Gasteiger charge is -2.09. The normalized spacial score (nSPS) is 13.7. The van der Waals surface area contributed by atoms with Crippen LogP contribution < -0.4 is 0 Å². The highest BCUT2D eigenvalue weighted by molar-refractivity contribution is 7.99. The Balaban J connectivity index is 1.63. The second-order valence-corrected chi connectivity index (χ2v) is 10.5. The molecule has 0 amide bonds. The molecule has 2 heterocycles. The number of fused-ring (bicyclic) bond motifs is 3. The molecule has 136 valence electrons. The molecule has 4 rings (SSSR count). The van der Waals surface area contributed by atoms with E-state index in [2.05, 4.69) is 26.0 Å². The molecule has 1 aromatic carbocycles. The van der Waals surface area contributed by atoms with Crippen LogP contribution >= 0.6 is 46.5 Å². The largest absolute Gasteiger partial charge is 0.225 e. The van der Waals surface area contributed by atoms with Gasteiger partial charge in [-0.2, -0.15) is 0 Å². The first-order valence-corrected chi connectivity index (χ1v) is 12.1. The topological polar surface area (TPSA) is 25.8 Å². The summed E-state index contributed by atoms with van der Waals surface area (Å²) in [5.41, 5.74) is 1.52. The number of halogens is 1. The Morgan fingerprint density at radius 3 is 2.69 bits per heavy atom. The Labute approximate surface area is 172 Å². The van der Waals surface area contributed by atoms with E-state index in [0.717, 1.165) is 22.4 Å². The smallest absolute Gasteiger partial charge is 0.141 e. The van der Waals surface area contributed by atoms with E-state index < -0.39 is 0 Å². The number of thiophene rings is 1. The number of hydrogen-bond acceptors (Lipinski definition) is 5. The van der Waals surface area contributed by atoms with Crippen LogP contribution in [0.4, 0.5) is 0 Å². The van der Waals surface area contributed by atoms with Crippen molar-refractivity contribution in [2.45, 2.75) is 48.8 Å². The van der Waals surface area contributed by atoms with Crippen LogP contribution in [-0.4, -0.2) is 15.7 Å². The number of thioether (sulfide) groups is 2. The van der Waals surface area contributed by atoms with Crippen LogP contribution in [0.25, 0.3) is 10.2 Å². The molecule has 3 aromatic rings. The molecule has 0 atom stereocenters. The highest BCUT2D eigenvalue weighted by Gasteiger charge is 2.22. The Hall–Kier alpha value is -0.750. The average Bonchev–Trinajstić information content (AvgIpc) is 3.19. The molecule has 6 heteroatoms. The molecule has 1 aliphatic rings. The number of aryl methyl sites for hydroxylation is 2. The molecular formula is C20H21ClN2S3. The van der Waals surface area contributed by atoms with Crippen LogP contribution in [0.15, 0.2) is 34.2 Å². The van der Waals surface area contributed by atoms with Crippen LogP contribution in [0.3, 0.4) is 0 Å². The third kappa shape index (κ3) is 4.06. The fourth-order valence-corrected chi connectivity index (χ4v) is 6.35. The molecule has 0 saturated heterocycles. The van der Waals surface area contributed by atoms with Gasteiger partial charge in [0.15, 0.2) is 0 Å². The van der Waals surface area contributed by atoms with E-state index in [4.69, 9.17) is 21.6 Å². The average molecular weight is 421 g/mol. The highest BCUT2D eigenvalue weighted by atomic mass is 35.5. The minimum atomic E-state index is 0.656. The van der Waals surface area contributed by atoms with E-state index in [1.807, 2.05) is 35.2 Å². The Morgan fingerprint density at radius 2 is 1.92 bits per heavy atom. The van der Waals surface area contributed by atoms with E-state index in [0.29, 0.717) is 5.92 Å². The van der Waals surface area contributed by atoms with E-state index in [1.54, 1.807) is 11.8 Å².